The lowest BCUT2D eigenvalue weighted by molar-refractivity contribution is 0.258. The smallest absolute Gasteiger partial charge is 0.253 e. The number of hydrogen-bond donors (Lipinski definition) is 1. The van der Waals surface area contributed by atoms with Gasteiger partial charge in [-0.2, -0.15) is 0 Å². The molecule has 0 aliphatic heterocycles. The van der Waals surface area contributed by atoms with Crippen molar-refractivity contribution < 1.29 is 9.15 Å². The average molecular weight is 310 g/mol. The molecule has 0 aliphatic rings. The first-order valence-electron chi connectivity index (χ1n) is 7.06. The van der Waals surface area contributed by atoms with Gasteiger partial charge in [0.15, 0.2) is 6.61 Å². The van der Waals surface area contributed by atoms with Gasteiger partial charge in [0.2, 0.25) is 5.89 Å². The standard InChI is InChI=1S/C15H20ClN3O2/c1-11(2)17-9-3-4-14-18-19-15(21-14)10-20-13-7-5-12(16)6-8-13/h5-8,11,17H,3-4,9-10H2,1-2H3. The lowest BCUT2D eigenvalue weighted by atomic mass is 10.3. The highest BCUT2D eigenvalue weighted by atomic mass is 35.5. The molecular formula is C15H20ClN3O2. The Bertz CT molecular complexity index is 540. The van der Waals surface area contributed by atoms with Crippen LogP contribution in [0.1, 0.15) is 32.0 Å². The van der Waals surface area contributed by atoms with Gasteiger partial charge in [0, 0.05) is 17.5 Å². The maximum absolute atomic E-state index is 5.81. The van der Waals surface area contributed by atoms with Crippen LogP contribution in [0, 0.1) is 0 Å². The van der Waals surface area contributed by atoms with Crippen molar-refractivity contribution in [2.24, 2.45) is 0 Å². The fourth-order valence-electron chi connectivity index (χ4n) is 1.75. The molecule has 0 amide bonds. The highest BCUT2D eigenvalue weighted by Crippen LogP contribution is 2.16. The average Bonchev–Trinajstić information content (AvgIpc) is 2.91. The van der Waals surface area contributed by atoms with Gasteiger partial charge in [0.05, 0.1) is 0 Å². The van der Waals surface area contributed by atoms with E-state index in [1.54, 1.807) is 24.3 Å². The number of ether oxygens (including phenoxy) is 1. The molecule has 1 heterocycles. The van der Waals surface area contributed by atoms with Gasteiger partial charge in [-0.15, -0.1) is 10.2 Å². The first-order chi connectivity index (χ1) is 10.1. The van der Waals surface area contributed by atoms with Crippen LogP contribution in [0.5, 0.6) is 5.75 Å². The second-order valence-corrected chi connectivity index (χ2v) is 5.48. The van der Waals surface area contributed by atoms with Gasteiger partial charge in [0.25, 0.3) is 5.89 Å². The summed E-state index contributed by atoms with van der Waals surface area (Å²) in [5.41, 5.74) is 0. The fraction of sp³-hybridized carbons (Fsp3) is 0.467. The van der Waals surface area contributed by atoms with Crippen molar-refractivity contribution in [2.75, 3.05) is 6.54 Å². The molecule has 0 radical (unpaired) electrons. The maximum atomic E-state index is 5.81. The molecule has 1 aromatic heterocycles. The van der Waals surface area contributed by atoms with Gasteiger partial charge in [-0.25, -0.2) is 0 Å². The van der Waals surface area contributed by atoms with Gasteiger partial charge in [-0.3, -0.25) is 0 Å². The molecule has 114 valence electrons. The predicted octanol–water partition coefficient (Wildman–Crippen LogP) is 3.23. The Morgan fingerprint density at radius 2 is 1.90 bits per heavy atom. The SMILES string of the molecule is CC(C)NCCCc1nnc(COc2ccc(Cl)cc2)o1. The number of hydrogen-bond acceptors (Lipinski definition) is 5. The molecule has 5 nitrogen and oxygen atoms in total. The third-order valence-electron chi connectivity index (χ3n) is 2.80. The van der Waals surface area contributed by atoms with Gasteiger partial charge >= 0.3 is 0 Å². The molecule has 0 aliphatic carbocycles. The third kappa shape index (κ3) is 5.73. The number of nitrogens with zero attached hydrogens (tertiary/aromatic N) is 2. The molecule has 2 rings (SSSR count). The minimum Gasteiger partial charge on any atom is -0.484 e. The zero-order valence-corrected chi connectivity index (χ0v) is 13.1. The van der Waals surface area contributed by atoms with Gasteiger partial charge in [-0.1, -0.05) is 25.4 Å². The first kappa shape index (κ1) is 15.8. The molecule has 0 bridgehead atoms. The van der Waals surface area contributed by atoms with Crippen LogP contribution in [-0.4, -0.2) is 22.8 Å². The molecule has 0 unspecified atom stereocenters. The van der Waals surface area contributed by atoms with E-state index in [1.165, 1.54) is 0 Å². The van der Waals surface area contributed by atoms with E-state index in [2.05, 4.69) is 29.4 Å². The Morgan fingerprint density at radius 1 is 1.19 bits per heavy atom. The van der Waals surface area contributed by atoms with Crippen molar-refractivity contribution >= 4 is 11.6 Å². The van der Waals surface area contributed by atoms with Crippen molar-refractivity contribution in [1.29, 1.82) is 0 Å². The Balaban J connectivity index is 1.73. The number of aromatic nitrogens is 2. The van der Waals surface area contributed by atoms with Crippen molar-refractivity contribution in [2.45, 2.75) is 39.3 Å². The van der Waals surface area contributed by atoms with Crippen LogP contribution < -0.4 is 10.1 Å². The molecule has 6 heteroatoms. The van der Waals surface area contributed by atoms with Crippen LogP contribution in [0.15, 0.2) is 28.7 Å². The summed E-state index contributed by atoms with van der Waals surface area (Å²) in [4.78, 5) is 0. The van der Waals surface area contributed by atoms with E-state index < -0.39 is 0 Å². The van der Waals surface area contributed by atoms with E-state index in [1.807, 2.05) is 0 Å². The van der Waals surface area contributed by atoms with E-state index in [0.717, 1.165) is 25.1 Å². The van der Waals surface area contributed by atoms with Crippen LogP contribution in [0.25, 0.3) is 0 Å². The number of rotatable bonds is 8. The Hall–Kier alpha value is -1.59. The van der Waals surface area contributed by atoms with Crippen LogP contribution in [0.4, 0.5) is 0 Å². The van der Waals surface area contributed by atoms with E-state index in [9.17, 15) is 0 Å². The number of nitrogens with one attached hydrogen (secondary N) is 1. The van der Waals surface area contributed by atoms with E-state index in [4.69, 9.17) is 20.8 Å². The highest BCUT2D eigenvalue weighted by Gasteiger charge is 2.07. The molecular weight excluding hydrogens is 290 g/mol. The summed E-state index contributed by atoms with van der Waals surface area (Å²) >= 11 is 5.81. The monoisotopic (exact) mass is 309 g/mol. The molecule has 0 atom stereocenters. The Morgan fingerprint density at radius 3 is 2.62 bits per heavy atom. The molecule has 0 saturated heterocycles. The lowest BCUT2D eigenvalue weighted by Gasteiger charge is -2.05. The van der Waals surface area contributed by atoms with Gasteiger partial charge in [0.1, 0.15) is 5.75 Å². The third-order valence-corrected chi connectivity index (χ3v) is 3.06. The Labute approximate surface area is 129 Å². The summed E-state index contributed by atoms with van der Waals surface area (Å²) < 4.78 is 11.1. The van der Waals surface area contributed by atoms with Crippen molar-refractivity contribution in [1.82, 2.24) is 15.5 Å². The molecule has 0 spiro atoms. The molecule has 1 aromatic carbocycles. The highest BCUT2D eigenvalue weighted by molar-refractivity contribution is 6.30. The van der Waals surface area contributed by atoms with Crippen molar-refractivity contribution in [3.05, 3.63) is 41.1 Å². The quantitative estimate of drug-likeness (QED) is 0.759. The van der Waals surface area contributed by atoms with Gasteiger partial charge in [-0.05, 0) is 37.2 Å². The fourth-order valence-corrected chi connectivity index (χ4v) is 1.88. The summed E-state index contributed by atoms with van der Waals surface area (Å²) in [5.74, 6) is 1.85. The summed E-state index contributed by atoms with van der Waals surface area (Å²) in [7, 11) is 0. The minimum absolute atomic E-state index is 0.263. The van der Waals surface area contributed by atoms with Crippen molar-refractivity contribution in [3.63, 3.8) is 0 Å². The largest absolute Gasteiger partial charge is 0.484 e. The van der Waals surface area contributed by atoms with Crippen LogP contribution in [-0.2, 0) is 13.0 Å². The maximum Gasteiger partial charge on any atom is 0.253 e. The summed E-state index contributed by atoms with van der Waals surface area (Å²) in [5, 5.41) is 12.0. The minimum atomic E-state index is 0.263. The second kappa shape index (κ2) is 8.00. The van der Waals surface area contributed by atoms with Crippen LogP contribution in [0.2, 0.25) is 5.02 Å². The Kier molecular flexibility index (Phi) is 6.02. The molecule has 2 aromatic rings. The van der Waals surface area contributed by atoms with Crippen molar-refractivity contribution in [3.8, 4) is 5.75 Å². The molecule has 0 saturated carbocycles. The van der Waals surface area contributed by atoms with E-state index in [-0.39, 0.29) is 6.61 Å². The topological polar surface area (TPSA) is 60.2 Å². The van der Waals surface area contributed by atoms with Gasteiger partial charge < -0.3 is 14.5 Å². The summed E-state index contributed by atoms with van der Waals surface area (Å²) in [6, 6.07) is 7.65. The molecule has 0 fully saturated rings. The lowest BCUT2D eigenvalue weighted by Crippen LogP contribution is -2.23. The number of benzene rings is 1. The zero-order chi connectivity index (χ0) is 15.1. The molecule has 1 N–H and O–H groups in total. The number of halogens is 1. The zero-order valence-electron chi connectivity index (χ0n) is 12.3. The molecule has 21 heavy (non-hydrogen) atoms. The predicted molar refractivity (Wildman–Crippen MR) is 81.5 cm³/mol. The summed E-state index contributed by atoms with van der Waals surface area (Å²) in [6.07, 6.45) is 1.74. The normalized spacial score (nSPS) is 11.0. The van der Waals surface area contributed by atoms with Crippen LogP contribution >= 0.6 is 11.6 Å². The summed E-state index contributed by atoms with van der Waals surface area (Å²) in [6.45, 7) is 5.45. The van der Waals surface area contributed by atoms with E-state index >= 15 is 0 Å². The first-order valence-corrected chi connectivity index (χ1v) is 7.44. The van der Waals surface area contributed by atoms with Crippen LogP contribution in [0.3, 0.4) is 0 Å². The second-order valence-electron chi connectivity index (χ2n) is 5.04. The van der Waals surface area contributed by atoms with E-state index in [0.29, 0.717) is 22.8 Å². The number of aryl methyl sites for hydroxylation is 1.